The van der Waals surface area contributed by atoms with Gasteiger partial charge >= 0.3 is 0 Å². The molecule has 0 radical (unpaired) electrons. The molecular formula is C15H14ClN5. The van der Waals surface area contributed by atoms with E-state index in [2.05, 4.69) is 15.4 Å². The van der Waals surface area contributed by atoms with Gasteiger partial charge < -0.3 is 5.73 Å². The maximum Gasteiger partial charge on any atom is 0.205 e. The van der Waals surface area contributed by atoms with Crippen molar-refractivity contribution in [1.82, 2.24) is 20.2 Å². The van der Waals surface area contributed by atoms with Crippen LogP contribution in [0.4, 0.5) is 0 Å². The van der Waals surface area contributed by atoms with Gasteiger partial charge in [0.2, 0.25) is 5.82 Å². The van der Waals surface area contributed by atoms with Crippen molar-refractivity contribution in [2.24, 2.45) is 5.73 Å². The predicted octanol–water partition coefficient (Wildman–Crippen LogP) is 3.00. The minimum atomic E-state index is -0.0693. The molecule has 0 fully saturated rings. The molecule has 0 saturated carbocycles. The summed E-state index contributed by atoms with van der Waals surface area (Å²) in [4.78, 5) is 1.43. The first-order valence-corrected chi connectivity index (χ1v) is 6.94. The predicted molar refractivity (Wildman–Crippen MR) is 82.2 cm³/mol. The third-order valence-electron chi connectivity index (χ3n) is 3.16. The second-order valence-corrected chi connectivity index (χ2v) is 5.18. The lowest BCUT2D eigenvalue weighted by atomic mass is 10.1. The van der Waals surface area contributed by atoms with Crippen molar-refractivity contribution in [3.8, 4) is 17.1 Å². The normalized spacial score (nSPS) is 12.3. The van der Waals surface area contributed by atoms with Gasteiger partial charge in [-0.3, -0.25) is 0 Å². The summed E-state index contributed by atoms with van der Waals surface area (Å²) in [6.45, 7) is 1.91. The second-order valence-electron chi connectivity index (χ2n) is 4.77. The Balaban J connectivity index is 1.97. The minimum Gasteiger partial charge on any atom is -0.324 e. The van der Waals surface area contributed by atoms with E-state index in [0.29, 0.717) is 16.5 Å². The molecule has 0 bridgehead atoms. The molecule has 1 unspecified atom stereocenters. The summed E-state index contributed by atoms with van der Waals surface area (Å²) >= 11 is 6.28. The first-order chi connectivity index (χ1) is 10.1. The molecule has 2 N–H and O–H groups in total. The molecule has 21 heavy (non-hydrogen) atoms. The fourth-order valence-electron chi connectivity index (χ4n) is 1.99. The number of rotatable bonds is 3. The van der Waals surface area contributed by atoms with Gasteiger partial charge in [-0.05, 0) is 29.8 Å². The van der Waals surface area contributed by atoms with Crippen molar-refractivity contribution in [2.45, 2.75) is 13.0 Å². The maximum absolute atomic E-state index is 6.28. The van der Waals surface area contributed by atoms with Crippen molar-refractivity contribution in [1.29, 1.82) is 0 Å². The molecule has 3 rings (SSSR count). The molecule has 0 aliphatic carbocycles. The number of aromatic nitrogens is 4. The topological polar surface area (TPSA) is 69.6 Å². The van der Waals surface area contributed by atoms with Gasteiger partial charge in [0, 0.05) is 11.6 Å². The van der Waals surface area contributed by atoms with E-state index in [9.17, 15) is 0 Å². The number of benzene rings is 2. The SMILES string of the molecule is CC(N)c1ccc(-n2nnc(-c3ccccc3)n2)c(Cl)c1. The average Bonchev–Trinajstić information content (AvgIpc) is 2.97. The summed E-state index contributed by atoms with van der Waals surface area (Å²) in [6.07, 6.45) is 0. The summed E-state index contributed by atoms with van der Waals surface area (Å²) < 4.78 is 0. The highest BCUT2D eigenvalue weighted by molar-refractivity contribution is 6.32. The standard InChI is InChI=1S/C15H14ClN5/c1-10(17)12-7-8-14(13(16)9-12)21-19-15(18-20-21)11-5-3-2-4-6-11/h2-10H,17H2,1H3. The Hall–Kier alpha value is -2.24. The molecule has 0 amide bonds. The van der Waals surface area contributed by atoms with Crippen molar-refractivity contribution in [3.63, 3.8) is 0 Å². The summed E-state index contributed by atoms with van der Waals surface area (Å²) in [6, 6.07) is 15.2. The first-order valence-electron chi connectivity index (χ1n) is 6.56. The molecular weight excluding hydrogens is 286 g/mol. The summed E-state index contributed by atoms with van der Waals surface area (Å²) in [7, 11) is 0. The van der Waals surface area contributed by atoms with Crippen LogP contribution in [-0.2, 0) is 0 Å². The van der Waals surface area contributed by atoms with E-state index in [1.807, 2.05) is 55.5 Å². The lowest BCUT2D eigenvalue weighted by Gasteiger charge is -2.08. The lowest BCUT2D eigenvalue weighted by Crippen LogP contribution is -2.06. The molecule has 2 aromatic carbocycles. The van der Waals surface area contributed by atoms with E-state index in [0.717, 1.165) is 11.1 Å². The van der Waals surface area contributed by atoms with Crippen LogP contribution in [0.2, 0.25) is 5.02 Å². The largest absolute Gasteiger partial charge is 0.324 e. The monoisotopic (exact) mass is 299 g/mol. The zero-order valence-electron chi connectivity index (χ0n) is 11.4. The highest BCUT2D eigenvalue weighted by atomic mass is 35.5. The Morgan fingerprint density at radius 2 is 1.90 bits per heavy atom. The number of nitrogens with zero attached hydrogens (tertiary/aromatic N) is 4. The zero-order chi connectivity index (χ0) is 14.8. The molecule has 5 nitrogen and oxygen atoms in total. The van der Waals surface area contributed by atoms with Crippen molar-refractivity contribution < 1.29 is 0 Å². The minimum absolute atomic E-state index is 0.0693. The molecule has 3 aromatic rings. The third-order valence-corrected chi connectivity index (χ3v) is 3.46. The molecule has 0 aliphatic heterocycles. The smallest absolute Gasteiger partial charge is 0.205 e. The van der Waals surface area contributed by atoms with Gasteiger partial charge in [0.25, 0.3) is 0 Å². The highest BCUT2D eigenvalue weighted by Gasteiger charge is 2.11. The fraction of sp³-hybridized carbons (Fsp3) is 0.133. The van der Waals surface area contributed by atoms with Crippen LogP contribution in [0.15, 0.2) is 48.5 Å². The van der Waals surface area contributed by atoms with Crippen LogP contribution < -0.4 is 5.73 Å². The Labute approximate surface area is 127 Å². The van der Waals surface area contributed by atoms with Gasteiger partial charge in [0.15, 0.2) is 0 Å². The maximum atomic E-state index is 6.28. The van der Waals surface area contributed by atoms with Crippen LogP contribution in [-0.4, -0.2) is 20.2 Å². The third kappa shape index (κ3) is 2.79. The van der Waals surface area contributed by atoms with Crippen molar-refractivity contribution in [2.75, 3.05) is 0 Å². The van der Waals surface area contributed by atoms with Gasteiger partial charge in [-0.25, -0.2) is 0 Å². The molecule has 0 saturated heterocycles. The number of hydrogen-bond acceptors (Lipinski definition) is 4. The van der Waals surface area contributed by atoms with Gasteiger partial charge in [0.1, 0.15) is 5.69 Å². The fourth-order valence-corrected chi connectivity index (χ4v) is 2.25. The number of tetrazole rings is 1. The molecule has 1 atom stereocenters. The van der Waals surface area contributed by atoms with Gasteiger partial charge in [-0.1, -0.05) is 48.0 Å². The Morgan fingerprint density at radius 3 is 2.57 bits per heavy atom. The molecule has 1 heterocycles. The van der Waals surface area contributed by atoms with Crippen LogP contribution in [0.3, 0.4) is 0 Å². The highest BCUT2D eigenvalue weighted by Crippen LogP contribution is 2.24. The average molecular weight is 300 g/mol. The summed E-state index contributed by atoms with van der Waals surface area (Å²) in [5, 5.41) is 13.0. The van der Waals surface area contributed by atoms with Crippen molar-refractivity contribution in [3.05, 3.63) is 59.1 Å². The van der Waals surface area contributed by atoms with Crippen LogP contribution in [0.1, 0.15) is 18.5 Å². The molecule has 6 heteroatoms. The Morgan fingerprint density at radius 1 is 1.14 bits per heavy atom. The molecule has 0 spiro atoms. The zero-order valence-corrected chi connectivity index (χ0v) is 12.2. The number of halogens is 1. The molecule has 106 valence electrons. The van der Waals surface area contributed by atoms with Crippen LogP contribution >= 0.6 is 11.6 Å². The van der Waals surface area contributed by atoms with E-state index in [-0.39, 0.29) is 6.04 Å². The van der Waals surface area contributed by atoms with E-state index >= 15 is 0 Å². The quantitative estimate of drug-likeness (QED) is 0.807. The number of nitrogens with two attached hydrogens (primary N) is 1. The first kappa shape index (κ1) is 13.7. The second kappa shape index (κ2) is 5.63. The van der Waals surface area contributed by atoms with E-state index in [1.165, 1.54) is 4.80 Å². The lowest BCUT2D eigenvalue weighted by molar-refractivity contribution is 0.718. The molecule has 1 aromatic heterocycles. The Bertz CT molecular complexity index is 752. The van der Waals surface area contributed by atoms with E-state index in [1.54, 1.807) is 0 Å². The van der Waals surface area contributed by atoms with Gasteiger partial charge in [0.05, 0.1) is 5.02 Å². The summed E-state index contributed by atoms with van der Waals surface area (Å²) in [5.74, 6) is 0.558. The Kier molecular flexibility index (Phi) is 3.68. The van der Waals surface area contributed by atoms with E-state index < -0.39 is 0 Å². The van der Waals surface area contributed by atoms with Crippen LogP contribution in [0, 0.1) is 0 Å². The summed E-state index contributed by atoms with van der Waals surface area (Å²) in [5.41, 5.74) is 8.39. The van der Waals surface area contributed by atoms with Crippen LogP contribution in [0.25, 0.3) is 17.1 Å². The van der Waals surface area contributed by atoms with Gasteiger partial charge in [-0.15, -0.1) is 15.0 Å². The van der Waals surface area contributed by atoms with E-state index in [4.69, 9.17) is 17.3 Å². The number of hydrogen-bond donors (Lipinski definition) is 1. The van der Waals surface area contributed by atoms with Crippen molar-refractivity contribution >= 4 is 11.6 Å². The van der Waals surface area contributed by atoms with Gasteiger partial charge in [-0.2, -0.15) is 0 Å². The van der Waals surface area contributed by atoms with Crippen LogP contribution in [0.5, 0.6) is 0 Å². The molecule has 0 aliphatic rings.